The van der Waals surface area contributed by atoms with Crippen molar-refractivity contribution in [2.24, 2.45) is 11.8 Å². The summed E-state index contributed by atoms with van der Waals surface area (Å²) in [6, 6.07) is 6.43. The summed E-state index contributed by atoms with van der Waals surface area (Å²) in [6.07, 6.45) is 0.147. The average Bonchev–Trinajstić information content (AvgIpc) is 2.80. The second kappa shape index (κ2) is 6.15. The fourth-order valence-corrected chi connectivity index (χ4v) is 4.08. The summed E-state index contributed by atoms with van der Waals surface area (Å²) in [5.41, 5.74) is 0.740. The van der Waals surface area contributed by atoms with Gasteiger partial charge in [-0.3, -0.25) is 4.79 Å². The molecule has 2 rings (SSSR count). The molecule has 1 aromatic rings. The van der Waals surface area contributed by atoms with E-state index in [1.165, 1.54) is 11.4 Å². The standard InChI is InChI=1S/C15H21NO4S/c1-11-9-16(10-12(11)2)21(18,19)14-6-4-13(5-7-14)8-15(17)20-3/h4-7,11-12H,8-10H2,1-3H3. The minimum Gasteiger partial charge on any atom is -0.469 e. The van der Waals surface area contributed by atoms with E-state index in [1.807, 2.05) is 0 Å². The van der Waals surface area contributed by atoms with Crippen LogP contribution in [0.5, 0.6) is 0 Å². The Morgan fingerprint density at radius 1 is 1.19 bits per heavy atom. The highest BCUT2D eigenvalue weighted by atomic mass is 32.2. The van der Waals surface area contributed by atoms with Crippen molar-refractivity contribution >= 4 is 16.0 Å². The zero-order valence-corrected chi connectivity index (χ0v) is 13.4. The van der Waals surface area contributed by atoms with E-state index in [0.29, 0.717) is 24.9 Å². The molecular weight excluding hydrogens is 290 g/mol. The number of nitrogens with zero attached hydrogens (tertiary/aromatic N) is 1. The minimum absolute atomic E-state index is 0.147. The second-order valence-electron chi connectivity index (χ2n) is 5.67. The Bertz CT molecular complexity index is 599. The molecule has 1 fully saturated rings. The maximum Gasteiger partial charge on any atom is 0.309 e. The van der Waals surface area contributed by atoms with Crippen LogP contribution in [-0.4, -0.2) is 38.9 Å². The lowest BCUT2D eigenvalue weighted by Gasteiger charge is -2.16. The van der Waals surface area contributed by atoms with Crippen LogP contribution in [0.15, 0.2) is 29.2 Å². The number of esters is 1. The normalized spacial score (nSPS) is 23.2. The van der Waals surface area contributed by atoms with Gasteiger partial charge in [-0.25, -0.2) is 8.42 Å². The molecule has 1 saturated heterocycles. The van der Waals surface area contributed by atoms with Crippen LogP contribution in [0, 0.1) is 11.8 Å². The SMILES string of the molecule is COC(=O)Cc1ccc(S(=O)(=O)N2CC(C)C(C)C2)cc1. The number of rotatable bonds is 4. The van der Waals surface area contributed by atoms with Gasteiger partial charge < -0.3 is 4.74 Å². The van der Waals surface area contributed by atoms with E-state index in [1.54, 1.807) is 24.3 Å². The van der Waals surface area contributed by atoms with E-state index in [0.717, 1.165) is 5.56 Å². The van der Waals surface area contributed by atoms with Crippen molar-refractivity contribution < 1.29 is 17.9 Å². The highest BCUT2D eigenvalue weighted by Gasteiger charge is 2.34. The zero-order chi connectivity index (χ0) is 15.6. The lowest BCUT2D eigenvalue weighted by Crippen LogP contribution is -2.29. The van der Waals surface area contributed by atoms with Crippen molar-refractivity contribution in [2.45, 2.75) is 25.2 Å². The highest BCUT2D eigenvalue weighted by Crippen LogP contribution is 2.28. The van der Waals surface area contributed by atoms with E-state index in [-0.39, 0.29) is 17.3 Å². The number of hydrogen-bond acceptors (Lipinski definition) is 4. The molecule has 0 aromatic heterocycles. The molecule has 0 N–H and O–H groups in total. The number of carbonyl (C=O) groups excluding carboxylic acids is 1. The smallest absolute Gasteiger partial charge is 0.309 e. The molecule has 0 bridgehead atoms. The van der Waals surface area contributed by atoms with Crippen LogP contribution in [0.4, 0.5) is 0 Å². The summed E-state index contributed by atoms with van der Waals surface area (Å²) in [5, 5.41) is 0. The van der Waals surface area contributed by atoms with Crippen LogP contribution in [-0.2, 0) is 26.0 Å². The van der Waals surface area contributed by atoms with E-state index >= 15 is 0 Å². The van der Waals surface area contributed by atoms with Crippen LogP contribution in [0.3, 0.4) is 0 Å². The fourth-order valence-electron chi connectivity index (χ4n) is 2.44. The van der Waals surface area contributed by atoms with Gasteiger partial charge in [0.25, 0.3) is 0 Å². The maximum absolute atomic E-state index is 12.5. The number of sulfonamides is 1. The largest absolute Gasteiger partial charge is 0.469 e. The Hall–Kier alpha value is -1.40. The summed E-state index contributed by atoms with van der Waals surface area (Å²) in [5.74, 6) is 0.407. The van der Waals surface area contributed by atoms with Gasteiger partial charge in [0.2, 0.25) is 10.0 Å². The lowest BCUT2D eigenvalue weighted by atomic mass is 10.0. The molecule has 1 aliphatic rings. The van der Waals surface area contributed by atoms with Gasteiger partial charge in [-0.1, -0.05) is 26.0 Å². The zero-order valence-electron chi connectivity index (χ0n) is 12.6. The number of ether oxygens (including phenoxy) is 1. The van der Waals surface area contributed by atoms with E-state index in [2.05, 4.69) is 18.6 Å². The Labute approximate surface area is 126 Å². The molecule has 6 heteroatoms. The number of hydrogen-bond donors (Lipinski definition) is 0. The van der Waals surface area contributed by atoms with Crippen LogP contribution < -0.4 is 0 Å². The van der Waals surface area contributed by atoms with Crippen LogP contribution >= 0.6 is 0 Å². The molecule has 2 unspecified atom stereocenters. The number of carbonyl (C=O) groups is 1. The Kier molecular flexibility index (Phi) is 4.68. The minimum atomic E-state index is -3.44. The van der Waals surface area contributed by atoms with Gasteiger partial charge in [0.05, 0.1) is 18.4 Å². The number of methoxy groups -OCH3 is 1. The molecule has 1 aliphatic heterocycles. The van der Waals surface area contributed by atoms with Gasteiger partial charge in [-0.15, -0.1) is 0 Å². The maximum atomic E-state index is 12.5. The molecule has 0 saturated carbocycles. The summed E-state index contributed by atoms with van der Waals surface area (Å²) in [7, 11) is -2.11. The Morgan fingerprint density at radius 2 is 1.71 bits per heavy atom. The lowest BCUT2D eigenvalue weighted by molar-refractivity contribution is -0.139. The Morgan fingerprint density at radius 3 is 2.19 bits per heavy atom. The summed E-state index contributed by atoms with van der Waals surface area (Å²) >= 11 is 0. The first-order chi connectivity index (χ1) is 9.84. The van der Waals surface area contributed by atoms with Gasteiger partial charge in [0, 0.05) is 13.1 Å². The van der Waals surface area contributed by atoms with Crippen molar-refractivity contribution in [1.82, 2.24) is 4.31 Å². The third-order valence-electron chi connectivity index (χ3n) is 4.09. The molecule has 5 nitrogen and oxygen atoms in total. The average molecular weight is 311 g/mol. The van der Waals surface area contributed by atoms with E-state index < -0.39 is 10.0 Å². The van der Waals surface area contributed by atoms with Crippen molar-refractivity contribution in [3.63, 3.8) is 0 Å². The summed E-state index contributed by atoms with van der Waals surface area (Å²) < 4.78 is 31.2. The molecule has 0 radical (unpaired) electrons. The third-order valence-corrected chi connectivity index (χ3v) is 5.94. The van der Waals surface area contributed by atoms with E-state index in [9.17, 15) is 13.2 Å². The first-order valence-electron chi connectivity index (χ1n) is 7.00. The van der Waals surface area contributed by atoms with Crippen molar-refractivity contribution in [3.8, 4) is 0 Å². The fraction of sp³-hybridized carbons (Fsp3) is 0.533. The van der Waals surface area contributed by atoms with Gasteiger partial charge in [-0.2, -0.15) is 4.31 Å². The molecule has 0 amide bonds. The van der Waals surface area contributed by atoms with Gasteiger partial charge >= 0.3 is 5.97 Å². The highest BCUT2D eigenvalue weighted by molar-refractivity contribution is 7.89. The van der Waals surface area contributed by atoms with Crippen LogP contribution in [0.2, 0.25) is 0 Å². The molecule has 2 atom stereocenters. The van der Waals surface area contributed by atoms with Crippen molar-refractivity contribution in [1.29, 1.82) is 0 Å². The Balaban J connectivity index is 2.16. The third kappa shape index (κ3) is 3.44. The van der Waals surface area contributed by atoms with Crippen molar-refractivity contribution in [3.05, 3.63) is 29.8 Å². The quantitative estimate of drug-likeness (QED) is 0.794. The topological polar surface area (TPSA) is 63.7 Å². The van der Waals surface area contributed by atoms with Gasteiger partial charge in [0.1, 0.15) is 0 Å². The molecule has 1 heterocycles. The molecule has 116 valence electrons. The molecule has 1 aromatic carbocycles. The summed E-state index contributed by atoms with van der Waals surface area (Å²) in [6.45, 7) is 5.26. The molecule has 21 heavy (non-hydrogen) atoms. The van der Waals surface area contributed by atoms with Crippen LogP contribution in [0.25, 0.3) is 0 Å². The molecular formula is C15H21NO4S. The number of benzene rings is 1. The second-order valence-corrected chi connectivity index (χ2v) is 7.61. The first kappa shape index (κ1) is 16.0. The van der Waals surface area contributed by atoms with Crippen LogP contribution in [0.1, 0.15) is 19.4 Å². The predicted octanol–water partition coefficient (Wildman–Crippen LogP) is 1.68. The molecule has 0 aliphatic carbocycles. The summed E-state index contributed by atoms with van der Waals surface area (Å²) in [4.78, 5) is 11.5. The van der Waals surface area contributed by atoms with Gasteiger partial charge in [0.15, 0.2) is 0 Å². The van der Waals surface area contributed by atoms with Gasteiger partial charge in [-0.05, 0) is 29.5 Å². The van der Waals surface area contributed by atoms with E-state index in [4.69, 9.17) is 0 Å². The first-order valence-corrected chi connectivity index (χ1v) is 8.44. The van der Waals surface area contributed by atoms with Crippen molar-refractivity contribution in [2.75, 3.05) is 20.2 Å². The monoisotopic (exact) mass is 311 g/mol. The molecule has 0 spiro atoms. The predicted molar refractivity (Wildman–Crippen MR) is 79.2 cm³/mol.